The molecule has 0 bridgehead atoms. The Hall–Kier alpha value is -3.22. The molecule has 1 N–H and O–H groups in total. The lowest BCUT2D eigenvalue weighted by molar-refractivity contribution is -0.119. The van der Waals surface area contributed by atoms with Crippen LogP contribution in [-0.2, 0) is 4.79 Å². The van der Waals surface area contributed by atoms with Crippen molar-refractivity contribution in [2.24, 2.45) is 0 Å². The Kier molecular flexibility index (Phi) is 4.74. The van der Waals surface area contributed by atoms with Crippen molar-refractivity contribution in [3.05, 3.63) is 58.9 Å². The van der Waals surface area contributed by atoms with Gasteiger partial charge in [-0.25, -0.2) is 0 Å². The molecule has 1 aromatic heterocycles. The summed E-state index contributed by atoms with van der Waals surface area (Å²) in [5.41, 5.74) is 0.794. The van der Waals surface area contributed by atoms with Crippen LogP contribution in [0.3, 0.4) is 0 Å². The van der Waals surface area contributed by atoms with E-state index in [9.17, 15) is 9.59 Å². The number of nitrogens with one attached hydrogen (secondary N) is 1. The molecule has 0 fully saturated rings. The molecule has 25 heavy (non-hydrogen) atoms. The molecule has 0 saturated carbocycles. The molecular formula is C18H18N4O3. The summed E-state index contributed by atoms with van der Waals surface area (Å²) in [5, 5.41) is 11.2. The number of rotatable bonds is 5. The van der Waals surface area contributed by atoms with E-state index < -0.39 is 6.04 Å². The van der Waals surface area contributed by atoms with Crippen molar-refractivity contribution in [1.29, 1.82) is 0 Å². The van der Waals surface area contributed by atoms with Gasteiger partial charge >= 0.3 is 0 Å². The van der Waals surface area contributed by atoms with Crippen molar-refractivity contribution >= 4 is 22.5 Å². The maximum absolute atomic E-state index is 12.6. The van der Waals surface area contributed by atoms with E-state index in [0.29, 0.717) is 28.8 Å². The van der Waals surface area contributed by atoms with Gasteiger partial charge in [-0.15, -0.1) is 5.10 Å². The van der Waals surface area contributed by atoms with Crippen LogP contribution in [0, 0.1) is 0 Å². The minimum atomic E-state index is -0.744. The maximum Gasteiger partial charge on any atom is 0.278 e. The Bertz CT molecular complexity index is 950. The molecule has 2 aromatic carbocycles. The first-order chi connectivity index (χ1) is 12.1. The Balaban J connectivity index is 1.89. The molecule has 1 atom stereocenters. The first-order valence-corrected chi connectivity index (χ1v) is 7.93. The molecule has 0 aliphatic carbocycles. The number of amides is 1. The van der Waals surface area contributed by atoms with Crippen molar-refractivity contribution < 1.29 is 9.53 Å². The number of benzene rings is 2. The van der Waals surface area contributed by atoms with Crippen molar-refractivity contribution in [1.82, 2.24) is 15.0 Å². The molecule has 0 spiro atoms. The zero-order chi connectivity index (χ0) is 17.8. The van der Waals surface area contributed by atoms with Gasteiger partial charge in [0.15, 0.2) is 0 Å². The summed E-state index contributed by atoms with van der Waals surface area (Å²) in [6, 6.07) is 13.2. The van der Waals surface area contributed by atoms with Gasteiger partial charge in [-0.05, 0) is 42.8 Å². The Morgan fingerprint density at radius 3 is 2.60 bits per heavy atom. The molecule has 0 aliphatic rings. The number of hydrogen-bond acceptors (Lipinski definition) is 5. The van der Waals surface area contributed by atoms with Gasteiger partial charge in [-0.1, -0.05) is 24.3 Å². The molecule has 3 aromatic rings. The lowest BCUT2D eigenvalue weighted by Gasteiger charge is -2.16. The standard InChI is InChI=1S/C18H18N4O3/c1-3-16(17(23)19-12-8-10-13(25-2)11-9-12)22-18(24)14-6-4-5-7-15(14)20-21-22/h4-11,16H,3H2,1-2H3,(H,19,23)/t16-/m0/s1. The molecule has 1 amide bonds. The number of methoxy groups -OCH3 is 1. The van der Waals surface area contributed by atoms with Gasteiger partial charge in [0.05, 0.1) is 12.5 Å². The van der Waals surface area contributed by atoms with Crippen molar-refractivity contribution in [2.45, 2.75) is 19.4 Å². The molecule has 7 nitrogen and oxygen atoms in total. The second kappa shape index (κ2) is 7.12. The SMILES string of the molecule is CC[C@@H](C(=O)Nc1ccc(OC)cc1)n1nnc2ccccc2c1=O. The number of carbonyl (C=O) groups excluding carboxylic acids is 1. The highest BCUT2D eigenvalue weighted by Crippen LogP contribution is 2.17. The Morgan fingerprint density at radius 1 is 1.20 bits per heavy atom. The quantitative estimate of drug-likeness (QED) is 0.772. The number of carbonyl (C=O) groups is 1. The van der Waals surface area contributed by atoms with E-state index in [-0.39, 0.29) is 11.5 Å². The van der Waals surface area contributed by atoms with Crippen LogP contribution in [0.25, 0.3) is 10.9 Å². The van der Waals surface area contributed by atoms with Crippen LogP contribution < -0.4 is 15.6 Å². The van der Waals surface area contributed by atoms with Crippen LogP contribution in [-0.4, -0.2) is 28.0 Å². The third kappa shape index (κ3) is 3.35. The van der Waals surface area contributed by atoms with Crippen LogP contribution in [0.1, 0.15) is 19.4 Å². The average Bonchev–Trinajstić information content (AvgIpc) is 2.65. The summed E-state index contributed by atoms with van der Waals surface area (Å²) in [5.74, 6) is 0.376. The first kappa shape index (κ1) is 16.6. The van der Waals surface area contributed by atoms with Crippen LogP contribution in [0.5, 0.6) is 5.75 Å². The van der Waals surface area contributed by atoms with Crippen LogP contribution in [0.4, 0.5) is 5.69 Å². The normalized spacial score (nSPS) is 11.9. The zero-order valence-electron chi connectivity index (χ0n) is 14.0. The maximum atomic E-state index is 12.6. The minimum absolute atomic E-state index is 0.320. The number of anilines is 1. The number of fused-ring (bicyclic) bond motifs is 1. The predicted octanol–water partition coefficient (Wildman–Crippen LogP) is 2.39. The lowest BCUT2D eigenvalue weighted by Crippen LogP contribution is -2.35. The predicted molar refractivity (Wildman–Crippen MR) is 94.7 cm³/mol. The number of nitrogens with zero attached hydrogens (tertiary/aromatic N) is 3. The van der Waals surface area contributed by atoms with E-state index in [2.05, 4.69) is 15.6 Å². The molecule has 3 rings (SSSR count). The summed E-state index contributed by atoms with van der Waals surface area (Å²) in [6.45, 7) is 1.82. The van der Waals surface area contributed by atoms with Crippen LogP contribution in [0.2, 0.25) is 0 Å². The molecule has 0 radical (unpaired) electrons. The van der Waals surface area contributed by atoms with Gasteiger partial charge in [-0.2, -0.15) is 4.68 Å². The van der Waals surface area contributed by atoms with Crippen LogP contribution in [0.15, 0.2) is 53.3 Å². The smallest absolute Gasteiger partial charge is 0.278 e. The summed E-state index contributed by atoms with van der Waals surface area (Å²) < 4.78 is 6.23. The Morgan fingerprint density at radius 2 is 1.92 bits per heavy atom. The van der Waals surface area contributed by atoms with Gasteiger partial charge in [-0.3, -0.25) is 9.59 Å². The van der Waals surface area contributed by atoms with E-state index in [0.717, 1.165) is 4.68 Å². The Labute approximate surface area is 144 Å². The molecule has 0 unspecified atom stereocenters. The largest absolute Gasteiger partial charge is 0.497 e. The van der Waals surface area contributed by atoms with Gasteiger partial charge in [0.25, 0.3) is 5.56 Å². The zero-order valence-corrected chi connectivity index (χ0v) is 14.0. The molecule has 7 heteroatoms. The number of aromatic nitrogens is 3. The summed E-state index contributed by atoms with van der Waals surface area (Å²) in [4.78, 5) is 25.3. The third-order valence-corrected chi connectivity index (χ3v) is 3.93. The number of hydrogen-bond donors (Lipinski definition) is 1. The van der Waals surface area contributed by atoms with Crippen LogP contribution >= 0.6 is 0 Å². The molecule has 1 heterocycles. The van der Waals surface area contributed by atoms with Gasteiger partial charge in [0, 0.05) is 5.69 Å². The topological polar surface area (TPSA) is 86.1 Å². The third-order valence-electron chi connectivity index (χ3n) is 3.93. The number of ether oxygens (including phenoxy) is 1. The second-order valence-electron chi connectivity index (χ2n) is 5.50. The van der Waals surface area contributed by atoms with Crippen molar-refractivity contribution in [3.8, 4) is 5.75 Å². The molecule has 0 aliphatic heterocycles. The molecule has 0 saturated heterocycles. The molecular weight excluding hydrogens is 320 g/mol. The van der Waals surface area contributed by atoms with E-state index in [4.69, 9.17) is 4.74 Å². The van der Waals surface area contributed by atoms with Crippen molar-refractivity contribution in [3.63, 3.8) is 0 Å². The molecule has 128 valence electrons. The van der Waals surface area contributed by atoms with Gasteiger partial charge in [0.2, 0.25) is 5.91 Å². The van der Waals surface area contributed by atoms with E-state index in [1.807, 2.05) is 6.92 Å². The summed E-state index contributed by atoms with van der Waals surface area (Å²) in [7, 11) is 1.57. The highest BCUT2D eigenvalue weighted by atomic mass is 16.5. The van der Waals surface area contributed by atoms with E-state index in [1.54, 1.807) is 55.6 Å². The second-order valence-corrected chi connectivity index (χ2v) is 5.50. The van der Waals surface area contributed by atoms with Crippen molar-refractivity contribution in [2.75, 3.05) is 12.4 Å². The highest BCUT2D eigenvalue weighted by Gasteiger charge is 2.22. The lowest BCUT2D eigenvalue weighted by atomic mass is 10.2. The fourth-order valence-corrected chi connectivity index (χ4v) is 2.58. The van der Waals surface area contributed by atoms with Gasteiger partial charge in [0.1, 0.15) is 17.3 Å². The summed E-state index contributed by atoms with van der Waals surface area (Å²) >= 11 is 0. The van der Waals surface area contributed by atoms with E-state index >= 15 is 0 Å². The monoisotopic (exact) mass is 338 g/mol. The highest BCUT2D eigenvalue weighted by molar-refractivity contribution is 5.93. The van der Waals surface area contributed by atoms with E-state index in [1.165, 1.54) is 0 Å². The fourth-order valence-electron chi connectivity index (χ4n) is 2.58. The fraction of sp³-hybridized carbons (Fsp3) is 0.222. The average molecular weight is 338 g/mol. The minimum Gasteiger partial charge on any atom is -0.497 e. The first-order valence-electron chi connectivity index (χ1n) is 7.93. The van der Waals surface area contributed by atoms with Gasteiger partial charge < -0.3 is 10.1 Å². The summed E-state index contributed by atoms with van der Waals surface area (Å²) in [6.07, 6.45) is 0.412.